The lowest BCUT2D eigenvalue weighted by atomic mass is 9.90. The third-order valence-corrected chi connectivity index (χ3v) is 1.90. The molecule has 1 aliphatic rings. The topological polar surface area (TPSA) is 34.1 Å². The van der Waals surface area contributed by atoms with Gasteiger partial charge in [0.05, 0.1) is 0 Å². The van der Waals surface area contributed by atoms with E-state index in [2.05, 4.69) is 0 Å². The molecule has 0 aromatic heterocycles. The van der Waals surface area contributed by atoms with Crippen molar-refractivity contribution in [3.63, 3.8) is 0 Å². The van der Waals surface area contributed by atoms with Gasteiger partial charge in [-0.3, -0.25) is 9.59 Å². The largest absolute Gasteiger partial charge is 0.290 e. The van der Waals surface area contributed by atoms with Gasteiger partial charge in [0, 0.05) is 11.1 Å². The molecule has 0 amide bonds. The predicted molar refractivity (Wildman–Crippen MR) is 46.7 cm³/mol. The van der Waals surface area contributed by atoms with Crippen LogP contribution in [0.15, 0.2) is 23.3 Å². The molecule has 1 aliphatic carbocycles. The van der Waals surface area contributed by atoms with E-state index in [0.29, 0.717) is 11.1 Å². The van der Waals surface area contributed by atoms with Crippen LogP contribution in [-0.4, -0.2) is 11.6 Å². The summed E-state index contributed by atoms with van der Waals surface area (Å²) in [6.07, 6.45) is 2.81. The summed E-state index contributed by atoms with van der Waals surface area (Å²) >= 11 is 0. The van der Waals surface area contributed by atoms with Crippen LogP contribution in [0, 0.1) is 5.92 Å². The second kappa shape index (κ2) is 3.05. The number of carbonyl (C=O) groups is 2. The Morgan fingerprint density at radius 3 is 2.25 bits per heavy atom. The second-order valence-electron chi connectivity index (χ2n) is 3.31. The standard InChI is InChI=1S/C10H12O2/c1-6(2)9-5-8(11)4-7(3)10(9)12/h4-6H,1-3H3. The zero-order valence-corrected chi connectivity index (χ0v) is 7.55. The van der Waals surface area contributed by atoms with Gasteiger partial charge in [0.1, 0.15) is 0 Å². The summed E-state index contributed by atoms with van der Waals surface area (Å²) in [5.41, 5.74) is 1.17. The van der Waals surface area contributed by atoms with Gasteiger partial charge >= 0.3 is 0 Å². The lowest BCUT2D eigenvalue weighted by molar-refractivity contribution is -0.115. The quantitative estimate of drug-likeness (QED) is 0.552. The molecule has 0 bridgehead atoms. The lowest BCUT2D eigenvalue weighted by Gasteiger charge is -2.13. The molecule has 0 aromatic rings. The van der Waals surface area contributed by atoms with Crippen molar-refractivity contribution in [3.8, 4) is 0 Å². The van der Waals surface area contributed by atoms with Crippen LogP contribution in [0.25, 0.3) is 0 Å². The molecule has 0 heterocycles. The SMILES string of the molecule is CC1=CC(=O)C=C(C(C)C)C1=O. The monoisotopic (exact) mass is 164 g/mol. The summed E-state index contributed by atoms with van der Waals surface area (Å²) < 4.78 is 0. The van der Waals surface area contributed by atoms with E-state index in [1.807, 2.05) is 13.8 Å². The Balaban J connectivity index is 3.04. The molecule has 0 atom stereocenters. The minimum atomic E-state index is -0.0733. The Morgan fingerprint density at radius 2 is 1.75 bits per heavy atom. The number of allylic oxidation sites excluding steroid dienone is 4. The number of Topliss-reactive ketones (excluding diaryl/α,β-unsaturated/α-hetero) is 1. The van der Waals surface area contributed by atoms with E-state index in [0.717, 1.165) is 0 Å². The first-order valence-electron chi connectivity index (χ1n) is 4.01. The highest BCUT2D eigenvalue weighted by molar-refractivity contribution is 6.20. The van der Waals surface area contributed by atoms with Gasteiger partial charge in [-0.2, -0.15) is 0 Å². The lowest BCUT2D eigenvalue weighted by Crippen LogP contribution is -2.16. The molecule has 0 aromatic carbocycles. The van der Waals surface area contributed by atoms with Crippen molar-refractivity contribution in [2.75, 3.05) is 0 Å². The number of ketones is 2. The highest BCUT2D eigenvalue weighted by Crippen LogP contribution is 2.19. The van der Waals surface area contributed by atoms with Gasteiger partial charge in [0.25, 0.3) is 0 Å². The van der Waals surface area contributed by atoms with E-state index < -0.39 is 0 Å². The molecule has 2 heteroatoms. The summed E-state index contributed by atoms with van der Waals surface area (Å²) in [6.45, 7) is 5.50. The first-order chi connectivity index (χ1) is 5.52. The highest BCUT2D eigenvalue weighted by atomic mass is 16.1. The Bertz CT molecular complexity index is 293. The van der Waals surface area contributed by atoms with Crippen LogP contribution in [0.5, 0.6) is 0 Å². The minimum Gasteiger partial charge on any atom is -0.290 e. The van der Waals surface area contributed by atoms with Crippen LogP contribution >= 0.6 is 0 Å². The fourth-order valence-electron chi connectivity index (χ4n) is 1.20. The normalized spacial score (nSPS) is 18.0. The van der Waals surface area contributed by atoms with Crippen LogP contribution in [0.2, 0.25) is 0 Å². The Morgan fingerprint density at radius 1 is 1.17 bits per heavy atom. The third kappa shape index (κ3) is 1.52. The first-order valence-corrected chi connectivity index (χ1v) is 4.01. The summed E-state index contributed by atoms with van der Waals surface area (Å²) in [7, 11) is 0. The summed E-state index contributed by atoms with van der Waals surface area (Å²) in [5.74, 6) is 0.0606. The van der Waals surface area contributed by atoms with Crippen molar-refractivity contribution in [1.29, 1.82) is 0 Å². The van der Waals surface area contributed by atoms with Gasteiger partial charge < -0.3 is 0 Å². The van der Waals surface area contributed by atoms with Gasteiger partial charge in [0.15, 0.2) is 11.6 Å². The average Bonchev–Trinajstić information content (AvgIpc) is 1.96. The molecule has 0 fully saturated rings. The van der Waals surface area contributed by atoms with E-state index >= 15 is 0 Å². The number of hydrogen-bond donors (Lipinski definition) is 0. The average molecular weight is 164 g/mol. The molecule has 64 valence electrons. The van der Waals surface area contributed by atoms with Gasteiger partial charge in [-0.25, -0.2) is 0 Å². The Hall–Kier alpha value is -1.18. The van der Waals surface area contributed by atoms with Crippen LogP contribution in [0.1, 0.15) is 20.8 Å². The van der Waals surface area contributed by atoms with E-state index in [-0.39, 0.29) is 17.5 Å². The molecule has 0 N–H and O–H groups in total. The molecular weight excluding hydrogens is 152 g/mol. The predicted octanol–water partition coefficient (Wildman–Crippen LogP) is 1.67. The molecule has 12 heavy (non-hydrogen) atoms. The van der Waals surface area contributed by atoms with E-state index in [1.54, 1.807) is 6.92 Å². The highest BCUT2D eigenvalue weighted by Gasteiger charge is 2.20. The van der Waals surface area contributed by atoms with Crippen LogP contribution in [0.3, 0.4) is 0 Å². The fraction of sp³-hybridized carbons (Fsp3) is 0.400. The first kappa shape index (κ1) is 8.91. The van der Waals surface area contributed by atoms with E-state index in [1.165, 1.54) is 12.2 Å². The van der Waals surface area contributed by atoms with Crippen molar-refractivity contribution in [2.45, 2.75) is 20.8 Å². The maximum Gasteiger partial charge on any atom is 0.185 e. The smallest absolute Gasteiger partial charge is 0.185 e. The second-order valence-corrected chi connectivity index (χ2v) is 3.31. The zero-order valence-electron chi connectivity index (χ0n) is 7.55. The molecule has 0 unspecified atom stereocenters. The van der Waals surface area contributed by atoms with Crippen molar-refractivity contribution in [3.05, 3.63) is 23.3 Å². The van der Waals surface area contributed by atoms with Gasteiger partial charge in [-0.05, 0) is 25.0 Å². The van der Waals surface area contributed by atoms with Crippen LogP contribution in [-0.2, 0) is 9.59 Å². The Kier molecular flexibility index (Phi) is 2.27. The molecule has 0 radical (unpaired) electrons. The summed E-state index contributed by atoms with van der Waals surface area (Å²) in [6, 6.07) is 0. The molecule has 0 spiro atoms. The molecule has 0 saturated carbocycles. The number of carbonyl (C=O) groups excluding carboxylic acids is 2. The molecular formula is C10H12O2. The summed E-state index contributed by atoms with van der Waals surface area (Å²) in [5, 5.41) is 0. The van der Waals surface area contributed by atoms with Gasteiger partial charge in [-0.15, -0.1) is 0 Å². The van der Waals surface area contributed by atoms with Crippen molar-refractivity contribution >= 4 is 11.6 Å². The van der Waals surface area contributed by atoms with E-state index in [4.69, 9.17) is 0 Å². The van der Waals surface area contributed by atoms with Crippen molar-refractivity contribution in [1.82, 2.24) is 0 Å². The molecule has 1 rings (SSSR count). The number of hydrogen-bond acceptors (Lipinski definition) is 2. The maximum atomic E-state index is 11.4. The van der Waals surface area contributed by atoms with Crippen LogP contribution in [0.4, 0.5) is 0 Å². The third-order valence-electron chi connectivity index (χ3n) is 1.90. The van der Waals surface area contributed by atoms with Crippen LogP contribution < -0.4 is 0 Å². The maximum absolute atomic E-state index is 11.4. The number of rotatable bonds is 1. The van der Waals surface area contributed by atoms with Gasteiger partial charge in [0.2, 0.25) is 0 Å². The zero-order chi connectivity index (χ0) is 9.30. The fourth-order valence-corrected chi connectivity index (χ4v) is 1.20. The molecule has 2 nitrogen and oxygen atoms in total. The minimum absolute atomic E-state index is 0.00426. The van der Waals surface area contributed by atoms with Gasteiger partial charge in [-0.1, -0.05) is 13.8 Å². The van der Waals surface area contributed by atoms with Crippen molar-refractivity contribution in [2.24, 2.45) is 5.92 Å². The van der Waals surface area contributed by atoms with Crippen molar-refractivity contribution < 1.29 is 9.59 Å². The molecule has 0 aliphatic heterocycles. The Labute approximate surface area is 72.0 Å². The summed E-state index contributed by atoms with van der Waals surface area (Å²) in [4.78, 5) is 22.5. The van der Waals surface area contributed by atoms with E-state index in [9.17, 15) is 9.59 Å². The molecule has 0 saturated heterocycles.